The van der Waals surface area contributed by atoms with Crippen LogP contribution < -0.4 is 10.5 Å². The predicted octanol–water partition coefficient (Wildman–Crippen LogP) is 2.77. The van der Waals surface area contributed by atoms with Gasteiger partial charge in [0.2, 0.25) is 0 Å². The van der Waals surface area contributed by atoms with Crippen LogP contribution in [0.5, 0.6) is 5.75 Å². The summed E-state index contributed by atoms with van der Waals surface area (Å²) in [6, 6.07) is 12.3. The number of rotatable bonds is 5. The molecule has 0 spiro atoms. The van der Waals surface area contributed by atoms with E-state index < -0.39 is 4.92 Å². The summed E-state index contributed by atoms with van der Waals surface area (Å²) in [5, 5.41) is 10.7. The molecule has 0 heterocycles. The van der Waals surface area contributed by atoms with Gasteiger partial charge in [-0.3, -0.25) is 10.1 Å². The first kappa shape index (κ1) is 14.0. The Morgan fingerprint density at radius 3 is 2.45 bits per heavy atom. The van der Waals surface area contributed by atoms with Gasteiger partial charge in [0.1, 0.15) is 5.75 Å². The van der Waals surface area contributed by atoms with Crippen LogP contribution in [0.1, 0.15) is 5.56 Å². The Morgan fingerprint density at radius 2 is 1.90 bits per heavy atom. The molecule has 0 unspecified atom stereocenters. The highest BCUT2D eigenvalue weighted by Crippen LogP contribution is 2.31. The third kappa shape index (κ3) is 2.95. The largest absolute Gasteiger partial charge is 0.496 e. The molecule has 5 heteroatoms. The van der Waals surface area contributed by atoms with Gasteiger partial charge < -0.3 is 10.5 Å². The Kier molecular flexibility index (Phi) is 4.32. The molecule has 20 heavy (non-hydrogen) atoms. The normalized spacial score (nSPS) is 10.3. The van der Waals surface area contributed by atoms with Crippen LogP contribution >= 0.6 is 0 Å². The molecule has 0 bridgehead atoms. The highest BCUT2D eigenvalue weighted by Gasteiger charge is 2.09. The molecule has 104 valence electrons. The van der Waals surface area contributed by atoms with Crippen LogP contribution in [0.15, 0.2) is 42.5 Å². The lowest BCUT2D eigenvalue weighted by Crippen LogP contribution is -2.03. The van der Waals surface area contributed by atoms with E-state index in [1.165, 1.54) is 12.1 Å². The highest BCUT2D eigenvalue weighted by molar-refractivity contribution is 5.71. The number of nitrogens with two attached hydrogens (primary N) is 1. The minimum Gasteiger partial charge on any atom is -0.496 e. The predicted molar refractivity (Wildman–Crippen MR) is 77.8 cm³/mol. The van der Waals surface area contributed by atoms with Gasteiger partial charge in [-0.05, 0) is 42.3 Å². The van der Waals surface area contributed by atoms with Crippen molar-refractivity contribution in [2.45, 2.75) is 6.42 Å². The molecule has 2 aromatic rings. The second kappa shape index (κ2) is 6.16. The Morgan fingerprint density at radius 1 is 1.20 bits per heavy atom. The smallest absolute Gasteiger partial charge is 0.269 e. The molecule has 0 saturated carbocycles. The molecule has 0 aliphatic heterocycles. The summed E-state index contributed by atoms with van der Waals surface area (Å²) in [5.41, 5.74) is 8.51. The Balaban J connectivity index is 2.38. The molecular weight excluding hydrogens is 256 g/mol. The number of hydrogen-bond acceptors (Lipinski definition) is 4. The Labute approximate surface area is 117 Å². The van der Waals surface area contributed by atoms with E-state index in [0.717, 1.165) is 28.9 Å². The number of non-ortho nitro benzene ring substituents is 1. The van der Waals surface area contributed by atoms with E-state index in [1.54, 1.807) is 19.2 Å². The van der Waals surface area contributed by atoms with Crippen molar-refractivity contribution in [3.05, 3.63) is 58.1 Å². The van der Waals surface area contributed by atoms with E-state index in [1.807, 2.05) is 18.2 Å². The maximum atomic E-state index is 10.7. The Bertz CT molecular complexity index is 609. The summed E-state index contributed by atoms with van der Waals surface area (Å²) in [5.74, 6) is 0.741. The summed E-state index contributed by atoms with van der Waals surface area (Å²) in [6.45, 7) is 0.583. The molecule has 0 aliphatic carbocycles. The molecule has 5 nitrogen and oxygen atoms in total. The first-order chi connectivity index (χ1) is 9.65. The number of hydrogen-bond donors (Lipinski definition) is 1. The van der Waals surface area contributed by atoms with Crippen LogP contribution in [-0.2, 0) is 6.42 Å². The number of nitrogens with zero attached hydrogens (tertiary/aromatic N) is 1. The van der Waals surface area contributed by atoms with Crippen molar-refractivity contribution in [3.63, 3.8) is 0 Å². The molecule has 0 radical (unpaired) electrons. The van der Waals surface area contributed by atoms with Gasteiger partial charge in [-0.15, -0.1) is 0 Å². The highest BCUT2D eigenvalue weighted by atomic mass is 16.6. The van der Waals surface area contributed by atoms with Crippen molar-refractivity contribution < 1.29 is 9.66 Å². The maximum Gasteiger partial charge on any atom is 0.269 e. The number of methoxy groups -OCH3 is 1. The molecule has 0 atom stereocenters. The molecular formula is C15H16N2O3. The van der Waals surface area contributed by atoms with Crippen LogP contribution in [0, 0.1) is 10.1 Å². The van der Waals surface area contributed by atoms with Crippen molar-refractivity contribution in [1.29, 1.82) is 0 Å². The molecule has 0 saturated heterocycles. The SMILES string of the molecule is COc1cc(CCN)ccc1-c1ccc([N+](=O)[O-])cc1. The summed E-state index contributed by atoms with van der Waals surface area (Å²) >= 11 is 0. The van der Waals surface area contributed by atoms with E-state index >= 15 is 0 Å². The Hall–Kier alpha value is -2.40. The van der Waals surface area contributed by atoms with E-state index in [2.05, 4.69) is 0 Å². The third-order valence-electron chi connectivity index (χ3n) is 3.09. The number of nitro groups is 1. The van der Waals surface area contributed by atoms with Crippen LogP contribution in [0.2, 0.25) is 0 Å². The van der Waals surface area contributed by atoms with E-state index in [-0.39, 0.29) is 5.69 Å². The minimum atomic E-state index is -0.411. The summed E-state index contributed by atoms with van der Waals surface area (Å²) in [6.07, 6.45) is 0.789. The van der Waals surface area contributed by atoms with Gasteiger partial charge in [0, 0.05) is 17.7 Å². The molecule has 2 rings (SSSR count). The molecule has 0 aromatic heterocycles. The summed E-state index contributed by atoms with van der Waals surface area (Å²) in [4.78, 5) is 10.2. The van der Waals surface area contributed by atoms with Gasteiger partial charge in [0.05, 0.1) is 12.0 Å². The van der Waals surface area contributed by atoms with Gasteiger partial charge in [0.25, 0.3) is 5.69 Å². The summed E-state index contributed by atoms with van der Waals surface area (Å²) < 4.78 is 5.39. The molecule has 0 aliphatic rings. The van der Waals surface area contributed by atoms with Crippen molar-refractivity contribution >= 4 is 5.69 Å². The van der Waals surface area contributed by atoms with Crippen molar-refractivity contribution in [3.8, 4) is 16.9 Å². The fraction of sp³-hybridized carbons (Fsp3) is 0.200. The third-order valence-corrected chi connectivity index (χ3v) is 3.09. The molecule has 0 fully saturated rings. The van der Waals surface area contributed by atoms with E-state index in [4.69, 9.17) is 10.5 Å². The van der Waals surface area contributed by atoms with Crippen LogP contribution in [0.25, 0.3) is 11.1 Å². The zero-order valence-electron chi connectivity index (χ0n) is 11.2. The van der Waals surface area contributed by atoms with Crippen LogP contribution in [0.4, 0.5) is 5.69 Å². The maximum absolute atomic E-state index is 10.7. The quantitative estimate of drug-likeness (QED) is 0.670. The van der Waals surface area contributed by atoms with E-state index in [0.29, 0.717) is 6.54 Å². The number of nitro benzene ring substituents is 1. The van der Waals surface area contributed by atoms with Gasteiger partial charge in [-0.25, -0.2) is 0 Å². The van der Waals surface area contributed by atoms with Crippen LogP contribution in [0.3, 0.4) is 0 Å². The first-order valence-corrected chi connectivity index (χ1v) is 6.27. The standard InChI is InChI=1S/C15H16N2O3/c1-20-15-10-11(8-9-16)2-7-14(15)12-3-5-13(6-4-12)17(18)19/h2-7,10H,8-9,16H2,1H3. The fourth-order valence-electron chi connectivity index (χ4n) is 2.06. The van der Waals surface area contributed by atoms with Gasteiger partial charge >= 0.3 is 0 Å². The second-order valence-corrected chi connectivity index (χ2v) is 4.38. The molecule has 0 amide bonds. The average Bonchev–Trinajstić information content (AvgIpc) is 2.47. The zero-order valence-corrected chi connectivity index (χ0v) is 11.2. The van der Waals surface area contributed by atoms with Crippen LogP contribution in [-0.4, -0.2) is 18.6 Å². The lowest BCUT2D eigenvalue weighted by Gasteiger charge is -2.10. The first-order valence-electron chi connectivity index (χ1n) is 6.27. The molecule has 2 aromatic carbocycles. The average molecular weight is 272 g/mol. The fourth-order valence-corrected chi connectivity index (χ4v) is 2.06. The zero-order chi connectivity index (χ0) is 14.5. The van der Waals surface area contributed by atoms with Gasteiger partial charge in [-0.1, -0.05) is 12.1 Å². The van der Waals surface area contributed by atoms with Gasteiger partial charge in [0.15, 0.2) is 0 Å². The van der Waals surface area contributed by atoms with E-state index in [9.17, 15) is 10.1 Å². The van der Waals surface area contributed by atoms with Crippen molar-refractivity contribution in [2.75, 3.05) is 13.7 Å². The topological polar surface area (TPSA) is 78.4 Å². The second-order valence-electron chi connectivity index (χ2n) is 4.38. The van der Waals surface area contributed by atoms with Gasteiger partial charge in [-0.2, -0.15) is 0 Å². The van der Waals surface area contributed by atoms with Crippen molar-refractivity contribution in [2.24, 2.45) is 5.73 Å². The number of benzene rings is 2. The lowest BCUT2D eigenvalue weighted by atomic mass is 10.0. The number of ether oxygens (including phenoxy) is 1. The monoisotopic (exact) mass is 272 g/mol. The summed E-state index contributed by atoms with van der Waals surface area (Å²) in [7, 11) is 1.61. The minimum absolute atomic E-state index is 0.0764. The van der Waals surface area contributed by atoms with Crippen molar-refractivity contribution in [1.82, 2.24) is 0 Å². The lowest BCUT2D eigenvalue weighted by molar-refractivity contribution is -0.384. The molecule has 2 N–H and O–H groups in total.